The fraction of sp³-hybridized carbons (Fsp3) is 0.138. The van der Waals surface area contributed by atoms with Gasteiger partial charge in [0.1, 0.15) is 6.04 Å². The van der Waals surface area contributed by atoms with Crippen molar-refractivity contribution in [3.63, 3.8) is 0 Å². The lowest BCUT2D eigenvalue weighted by Gasteiger charge is -2.34. The Balaban J connectivity index is 1.77. The topological polar surface area (TPSA) is 62.3 Å². The van der Waals surface area contributed by atoms with E-state index in [1.54, 1.807) is 24.5 Å². The largest absolute Gasteiger partial charge is 0.347 e. The molecule has 0 aliphatic rings. The number of hydrogen-bond acceptors (Lipinski definition) is 3. The molecule has 5 nitrogen and oxygen atoms in total. The molecule has 1 N–H and O–H groups in total. The zero-order valence-corrected chi connectivity index (χ0v) is 24.6. The third-order valence-corrected chi connectivity index (χ3v) is 6.90. The molecule has 2 unspecified atom stereocenters. The number of rotatable bonds is 7. The Morgan fingerprint density at radius 3 is 1.92 bits per heavy atom. The van der Waals surface area contributed by atoms with Gasteiger partial charge in [-0.05, 0) is 89.6 Å². The summed E-state index contributed by atoms with van der Waals surface area (Å²) in [7, 11) is 0. The minimum absolute atomic E-state index is 0.271. The highest BCUT2D eigenvalue weighted by atomic mass is 80.0. The van der Waals surface area contributed by atoms with E-state index in [2.05, 4.69) is 58.1 Å². The van der Waals surface area contributed by atoms with Crippen LogP contribution in [0, 0.1) is 0 Å². The quantitative estimate of drug-likeness (QED) is 0.205. The summed E-state index contributed by atoms with van der Waals surface area (Å²) in [5.41, 5.74) is 4.16. The van der Waals surface area contributed by atoms with Crippen LogP contribution in [-0.2, 0) is 9.59 Å². The standard InChI is InChI=1S/C29H24Br3N3O2/c1-20(21-9-4-2-5-10-21)34-27(36)26(24-13-8-18-33-19-24)35(28(37)29(30,31)32)25-16-14-23(15-17-25)22-11-6-3-7-12-22/h2-20,26H,1H3,(H,34,36). The Hall–Kier alpha value is -2.81. The Kier molecular flexibility index (Phi) is 8.95. The molecule has 4 rings (SSSR count). The van der Waals surface area contributed by atoms with Crippen molar-refractivity contribution in [2.45, 2.75) is 21.2 Å². The summed E-state index contributed by atoms with van der Waals surface area (Å²) in [6.45, 7) is 1.91. The number of pyridine rings is 1. The van der Waals surface area contributed by atoms with Crippen LogP contribution in [0.15, 0.2) is 109 Å². The number of halogens is 3. The predicted octanol–water partition coefficient (Wildman–Crippen LogP) is 7.54. The number of nitrogens with one attached hydrogen (secondary N) is 1. The van der Waals surface area contributed by atoms with Crippen molar-refractivity contribution < 1.29 is 9.59 Å². The average Bonchev–Trinajstić information content (AvgIpc) is 2.92. The maximum absolute atomic E-state index is 13.9. The summed E-state index contributed by atoms with van der Waals surface area (Å²) in [6, 6.07) is 29.5. The SMILES string of the molecule is CC(NC(=O)C(c1cccnc1)N(C(=O)C(Br)(Br)Br)c1ccc(-c2ccccc2)cc1)c1ccccc1. The first-order valence-corrected chi connectivity index (χ1v) is 13.9. The van der Waals surface area contributed by atoms with Gasteiger partial charge in [-0.1, -0.05) is 78.9 Å². The van der Waals surface area contributed by atoms with E-state index in [0.29, 0.717) is 11.3 Å². The van der Waals surface area contributed by atoms with Crippen molar-refractivity contribution in [3.05, 3.63) is 121 Å². The molecule has 0 fully saturated rings. The van der Waals surface area contributed by atoms with Gasteiger partial charge in [0.05, 0.1) is 6.04 Å². The van der Waals surface area contributed by atoms with Gasteiger partial charge in [-0.25, -0.2) is 0 Å². The maximum Gasteiger partial charge on any atom is 0.266 e. The van der Waals surface area contributed by atoms with Crippen LogP contribution >= 0.6 is 47.8 Å². The molecule has 0 aliphatic carbocycles. The lowest BCUT2D eigenvalue weighted by molar-refractivity contribution is -0.126. The van der Waals surface area contributed by atoms with Crippen molar-refractivity contribution in [2.75, 3.05) is 4.90 Å². The molecule has 2 atom stereocenters. The van der Waals surface area contributed by atoms with Crippen molar-refractivity contribution in [2.24, 2.45) is 0 Å². The molecule has 0 aliphatic heterocycles. The summed E-state index contributed by atoms with van der Waals surface area (Å²) in [6.07, 6.45) is 3.24. The van der Waals surface area contributed by atoms with Gasteiger partial charge in [0.2, 0.25) is 8.05 Å². The molecule has 1 heterocycles. The molecule has 188 valence electrons. The lowest BCUT2D eigenvalue weighted by Crippen LogP contribution is -2.48. The van der Waals surface area contributed by atoms with Crippen LogP contribution in [0.25, 0.3) is 11.1 Å². The first kappa shape index (κ1) is 27.2. The van der Waals surface area contributed by atoms with E-state index in [1.807, 2.05) is 91.9 Å². The molecule has 4 aromatic rings. The molecular weight excluding hydrogens is 662 g/mol. The molecule has 37 heavy (non-hydrogen) atoms. The summed E-state index contributed by atoms with van der Waals surface area (Å²) in [4.78, 5) is 33.4. The van der Waals surface area contributed by atoms with Gasteiger partial charge in [0.15, 0.2) is 0 Å². The molecule has 1 aromatic heterocycles. The van der Waals surface area contributed by atoms with Crippen LogP contribution in [0.5, 0.6) is 0 Å². The van der Waals surface area contributed by atoms with E-state index in [-0.39, 0.29) is 11.9 Å². The number of aromatic nitrogens is 1. The van der Waals surface area contributed by atoms with Gasteiger partial charge in [0.25, 0.3) is 5.91 Å². The van der Waals surface area contributed by atoms with E-state index in [9.17, 15) is 9.59 Å². The first-order chi connectivity index (χ1) is 17.8. The second-order valence-electron chi connectivity index (χ2n) is 8.42. The molecular formula is C29H24Br3N3O2. The molecule has 0 spiro atoms. The van der Waals surface area contributed by atoms with Crippen LogP contribution < -0.4 is 10.2 Å². The summed E-state index contributed by atoms with van der Waals surface area (Å²) in [5.74, 6) is -0.738. The van der Waals surface area contributed by atoms with Gasteiger partial charge in [-0.2, -0.15) is 0 Å². The summed E-state index contributed by atoms with van der Waals surface area (Å²) in [5, 5.41) is 3.08. The number of anilines is 1. The minimum atomic E-state index is -1.28. The third-order valence-electron chi connectivity index (χ3n) is 5.88. The zero-order valence-electron chi connectivity index (χ0n) is 19.9. The highest BCUT2D eigenvalue weighted by molar-refractivity contribution is 9.40. The second-order valence-corrected chi connectivity index (χ2v) is 15.2. The highest BCUT2D eigenvalue weighted by Gasteiger charge is 2.41. The highest BCUT2D eigenvalue weighted by Crippen LogP contribution is 2.40. The fourth-order valence-electron chi connectivity index (χ4n) is 4.04. The first-order valence-electron chi connectivity index (χ1n) is 11.6. The molecule has 0 saturated heterocycles. The fourth-order valence-corrected chi connectivity index (χ4v) is 4.61. The second kappa shape index (κ2) is 12.2. The predicted molar refractivity (Wildman–Crippen MR) is 159 cm³/mol. The molecule has 8 heteroatoms. The van der Waals surface area contributed by atoms with Crippen LogP contribution in [0.4, 0.5) is 5.69 Å². The average molecular weight is 686 g/mol. The number of hydrogen-bond donors (Lipinski definition) is 1. The van der Waals surface area contributed by atoms with Crippen LogP contribution in [0.3, 0.4) is 0 Å². The molecule has 3 aromatic carbocycles. The number of carbonyl (C=O) groups excluding carboxylic acids is 2. The van der Waals surface area contributed by atoms with Crippen molar-refractivity contribution in [3.8, 4) is 11.1 Å². The molecule has 0 saturated carbocycles. The maximum atomic E-state index is 13.9. The van der Waals surface area contributed by atoms with E-state index < -0.39 is 14.1 Å². The van der Waals surface area contributed by atoms with Crippen LogP contribution in [0.2, 0.25) is 0 Å². The van der Waals surface area contributed by atoms with Gasteiger partial charge >= 0.3 is 0 Å². The molecule has 2 amide bonds. The lowest BCUT2D eigenvalue weighted by atomic mass is 10.0. The Morgan fingerprint density at radius 2 is 1.35 bits per heavy atom. The number of benzene rings is 3. The van der Waals surface area contributed by atoms with Crippen molar-refractivity contribution >= 4 is 65.3 Å². The number of carbonyl (C=O) groups is 2. The van der Waals surface area contributed by atoms with E-state index >= 15 is 0 Å². The van der Waals surface area contributed by atoms with Gasteiger partial charge < -0.3 is 5.32 Å². The summed E-state index contributed by atoms with van der Waals surface area (Å²) >= 11 is 10.1. The number of amides is 2. The summed E-state index contributed by atoms with van der Waals surface area (Å²) < 4.78 is -1.28. The monoisotopic (exact) mass is 683 g/mol. The Bertz CT molecular complexity index is 1330. The van der Waals surface area contributed by atoms with Gasteiger partial charge in [0, 0.05) is 23.6 Å². The van der Waals surface area contributed by atoms with Crippen LogP contribution in [0.1, 0.15) is 30.1 Å². The zero-order chi connectivity index (χ0) is 26.4. The number of alkyl halides is 3. The van der Waals surface area contributed by atoms with E-state index in [1.165, 1.54) is 4.90 Å². The normalized spacial score (nSPS) is 12.9. The van der Waals surface area contributed by atoms with Crippen LogP contribution in [-0.4, -0.2) is 18.9 Å². The van der Waals surface area contributed by atoms with E-state index in [4.69, 9.17) is 0 Å². The minimum Gasteiger partial charge on any atom is -0.347 e. The van der Waals surface area contributed by atoms with E-state index in [0.717, 1.165) is 16.7 Å². The van der Waals surface area contributed by atoms with Crippen molar-refractivity contribution in [1.29, 1.82) is 0 Å². The molecule has 0 bridgehead atoms. The third kappa shape index (κ3) is 6.74. The Labute approximate surface area is 241 Å². The van der Waals surface area contributed by atoms with Crippen molar-refractivity contribution in [1.82, 2.24) is 10.3 Å². The van der Waals surface area contributed by atoms with Gasteiger partial charge in [-0.15, -0.1) is 0 Å². The smallest absolute Gasteiger partial charge is 0.266 e. The Morgan fingerprint density at radius 1 is 0.784 bits per heavy atom. The number of nitrogens with zero attached hydrogens (tertiary/aromatic N) is 2. The van der Waals surface area contributed by atoms with Gasteiger partial charge in [-0.3, -0.25) is 19.5 Å². The molecule has 0 radical (unpaired) electrons.